The van der Waals surface area contributed by atoms with E-state index in [4.69, 9.17) is 14.7 Å². The van der Waals surface area contributed by atoms with Gasteiger partial charge in [0, 0.05) is 38.5 Å². The molecule has 2 heterocycles. The summed E-state index contributed by atoms with van der Waals surface area (Å²) in [5, 5.41) is 12.0. The molecule has 214 valence electrons. The summed E-state index contributed by atoms with van der Waals surface area (Å²) in [6.45, 7) is 6.90. The number of ether oxygens (including phenoxy) is 2. The number of carbonyl (C=O) groups is 4. The van der Waals surface area contributed by atoms with Crippen molar-refractivity contribution in [3.8, 4) is 11.5 Å². The number of amides is 4. The minimum absolute atomic E-state index is 0.139. The van der Waals surface area contributed by atoms with Crippen molar-refractivity contribution in [2.45, 2.75) is 71.6 Å². The van der Waals surface area contributed by atoms with E-state index in [9.17, 15) is 19.2 Å². The Hall–Kier alpha value is -3.34. The van der Waals surface area contributed by atoms with Crippen molar-refractivity contribution in [1.82, 2.24) is 20.6 Å². The number of carbonyl (C=O) groups excluding carboxylic acids is 4. The highest BCUT2D eigenvalue weighted by Crippen LogP contribution is 2.35. The normalized spacial score (nSPS) is 19.5. The molecule has 4 rings (SSSR count). The van der Waals surface area contributed by atoms with Crippen molar-refractivity contribution < 1.29 is 33.9 Å². The number of rotatable bonds is 8. The Morgan fingerprint density at radius 3 is 2.08 bits per heavy atom. The Morgan fingerprint density at radius 2 is 1.54 bits per heavy atom. The average Bonchev–Trinajstić information content (AvgIpc) is 3.59. The average molecular weight is 545 g/mol. The summed E-state index contributed by atoms with van der Waals surface area (Å²) in [5.41, 5.74) is 1.04. The molecule has 3 N–H and O–H groups in total. The van der Waals surface area contributed by atoms with Crippen LogP contribution in [0.1, 0.15) is 59.3 Å². The molecule has 1 aromatic rings. The van der Waals surface area contributed by atoms with Crippen LogP contribution in [0.2, 0.25) is 0 Å². The highest BCUT2D eigenvalue weighted by atomic mass is 16.7. The number of fused-ring (bicyclic) bond motifs is 1. The quantitative estimate of drug-likeness (QED) is 0.337. The maximum atomic E-state index is 13.6. The van der Waals surface area contributed by atoms with E-state index in [2.05, 4.69) is 5.32 Å². The van der Waals surface area contributed by atoms with Gasteiger partial charge in [-0.2, -0.15) is 0 Å². The summed E-state index contributed by atoms with van der Waals surface area (Å²) in [6.07, 6.45) is 3.60. The van der Waals surface area contributed by atoms with E-state index in [-0.39, 0.29) is 24.1 Å². The van der Waals surface area contributed by atoms with E-state index in [1.165, 1.54) is 0 Å². The first-order chi connectivity index (χ1) is 18.6. The Balaban J connectivity index is 1.36. The van der Waals surface area contributed by atoms with Gasteiger partial charge in [0.1, 0.15) is 6.04 Å². The van der Waals surface area contributed by atoms with Gasteiger partial charge in [0.05, 0.1) is 0 Å². The Labute approximate surface area is 229 Å². The van der Waals surface area contributed by atoms with Crippen molar-refractivity contribution in [2.75, 3.05) is 26.2 Å². The van der Waals surface area contributed by atoms with Gasteiger partial charge in [0.2, 0.25) is 17.7 Å². The van der Waals surface area contributed by atoms with Crippen LogP contribution in [-0.2, 0) is 19.2 Å². The van der Waals surface area contributed by atoms with Crippen molar-refractivity contribution in [1.29, 1.82) is 0 Å². The van der Waals surface area contributed by atoms with Gasteiger partial charge in [0.25, 0.3) is 0 Å². The zero-order valence-corrected chi connectivity index (χ0v) is 23.0. The number of hydrogen-bond acceptors (Lipinski definition) is 7. The Morgan fingerprint density at radius 1 is 0.974 bits per heavy atom. The third-order valence-electron chi connectivity index (χ3n) is 7.84. The lowest BCUT2D eigenvalue weighted by Gasteiger charge is -2.40. The first-order valence-electron chi connectivity index (χ1n) is 13.8. The summed E-state index contributed by atoms with van der Waals surface area (Å²) in [4.78, 5) is 55.2. The van der Waals surface area contributed by atoms with Gasteiger partial charge in [-0.25, -0.2) is 5.48 Å². The zero-order valence-electron chi connectivity index (χ0n) is 23.0. The second kappa shape index (κ2) is 12.2. The van der Waals surface area contributed by atoms with Crippen LogP contribution in [-0.4, -0.2) is 77.1 Å². The first kappa shape index (κ1) is 28.7. The molecule has 2 atom stereocenters. The highest BCUT2D eigenvalue weighted by molar-refractivity contribution is 5.91. The van der Waals surface area contributed by atoms with Crippen molar-refractivity contribution in [3.05, 3.63) is 24.3 Å². The van der Waals surface area contributed by atoms with Crippen LogP contribution < -0.4 is 20.3 Å². The van der Waals surface area contributed by atoms with Crippen LogP contribution >= 0.6 is 0 Å². The molecule has 1 aliphatic carbocycles. The van der Waals surface area contributed by atoms with Crippen LogP contribution in [0.4, 0.5) is 0 Å². The molecule has 2 aliphatic heterocycles. The number of para-hydroxylation sites is 2. The summed E-state index contributed by atoms with van der Waals surface area (Å²) in [5.74, 6) is -0.739. The van der Waals surface area contributed by atoms with Gasteiger partial charge in [-0.3, -0.25) is 24.4 Å². The van der Waals surface area contributed by atoms with E-state index >= 15 is 0 Å². The van der Waals surface area contributed by atoms with Gasteiger partial charge >= 0.3 is 12.2 Å². The van der Waals surface area contributed by atoms with Crippen LogP contribution in [0, 0.1) is 17.3 Å². The van der Waals surface area contributed by atoms with E-state index in [0.717, 1.165) is 25.7 Å². The van der Waals surface area contributed by atoms with Crippen LogP contribution in [0.15, 0.2) is 24.3 Å². The molecule has 0 aromatic heterocycles. The molecule has 0 unspecified atom stereocenters. The third-order valence-corrected chi connectivity index (χ3v) is 7.84. The fraction of sp³-hybridized carbons (Fsp3) is 0.643. The molecule has 11 heteroatoms. The van der Waals surface area contributed by atoms with Crippen LogP contribution in [0.25, 0.3) is 0 Å². The molecule has 1 saturated heterocycles. The predicted molar refractivity (Wildman–Crippen MR) is 141 cm³/mol. The number of hydroxylamine groups is 1. The minimum Gasteiger partial charge on any atom is -0.442 e. The molecule has 11 nitrogen and oxygen atoms in total. The Bertz CT molecular complexity index is 1030. The SMILES string of the molecule is CC(C)(C)[C@H](NC(=O)[C@@H](CC(=O)NO)CC1CCCC1)C(=O)N1CCN(C(=O)C2Oc3ccccc3O2)CC1. The van der Waals surface area contributed by atoms with Crippen molar-refractivity contribution in [2.24, 2.45) is 17.3 Å². The molecule has 0 radical (unpaired) electrons. The second-order valence-electron chi connectivity index (χ2n) is 11.8. The molecule has 4 amide bonds. The van der Waals surface area contributed by atoms with Gasteiger partial charge in [-0.15, -0.1) is 0 Å². The summed E-state index contributed by atoms with van der Waals surface area (Å²) < 4.78 is 11.3. The molecule has 0 bridgehead atoms. The molecule has 0 spiro atoms. The molecule has 3 aliphatic rings. The molecule has 1 aromatic carbocycles. The minimum atomic E-state index is -1.04. The van der Waals surface area contributed by atoms with Gasteiger partial charge < -0.3 is 24.6 Å². The van der Waals surface area contributed by atoms with Gasteiger partial charge in [-0.1, -0.05) is 58.6 Å². The van der Waals surface area contributed by atoms with E-state index in [0.29, 0.717) is 50.0 Å². The van der Waals surface area contributed by atoms with Gasteiger partial charge in [-0.05, 0) is 29.9 Å². The maximum Gasteiger partial charge on any atom is 0.321 e. The van der Waals surface area contributed by atoms with E-state index in [1.807, 2.05) is 32.9 Å². The van der Waals surface area contributed by atoms with Crippen molar-refractivity contribution >= 4 is 23.6 Å². The molecule has 2 fully saturated rings. The highest BCUT2D eigenvalue weighted by Gasteiger charge is 2.40. The standard InChI is InChI=1S/C28H40N4O7/c1-28(2,3)23(29-24(34)19(17-22(33)30-37)16-18-8-4-5-9-18)25(35)31-12-14-32(15-13-31)26(36)27-38-20-10-6-7-11-21(20)39-27/h6-7,10-11,18-19,23,27,37H,4-5,8-9,12-17H2,1-3H3,(H,29,34)(H,30,33)/t19-,23-/m1/s1. The fourth-order valence-electron chi connectivity index (χ4n) is 5.59. The largest absolute Gasteiger partial charge is 0.442 e. The number of benzene rings is 1. The molecular formula is C28H40N4O7. The lowest BCUT2D eigenvalue weighted by atomic mass is 9.84. The maximum absolute atomic E-state index is 13.6. The number of hydrogen-bond donors (Lipinski definition) is 3. The summed E-state index contributed by atoms with van der Waals surface area (Å²) >= 11 is 0. The summed E-state index contributed by atoms with van der Waals surface area (Å²) in [6, 6.07) is 6.29. The molecular weight excluding hydrogens is 504 g/mol. The number of piperazine rings is 1. The molecule has 39 heavy (non-hydrogen) atoms. The van der Waals surface area contributed by atoms with E-state index < -0.39 is 29.6 Å². The van der Waals surface area contributed by atoms with Gasteiger partial charge in [0.15, 0.2) is 11.5 Å². The van der Waals surface area contributed by atoms with Crippen LogP contribution in [0.5, 0.6) is 11.5 Å². The second-order valence-corrected chi connectivity index (χ2v) is 11.8. The Kier molecular flexibility index (Phi) is 8.99. The zero-order chi connectivity index (χ0) is 28.2. The predicted octanol–water partition coefficient (Wildman–Crippen LogP) is 2.08. The fourth-order valence-corrected chi connectivity index (χ4v) is 5.59. The lowest BCUT2D eigenvalue weighted by Crippen LogP contribution is -2.60. The van der Waals surface area contributed by atoms with E-state index in [1.54, 1.807) is 27.4 Å². The topological polar surface area (TPSA) is 138 Å². The molecule has 1 saturated carbocycles. The van der Waals surface area contributed by atoms with Crippen molar-refractivity contribution in [3.63, 3.8) is 0 Å². The monoisotopic (exact) mass is 544 g/mol. The number of nitrogens with one attached hydrogen (secondary N) is 2. The summed E-state index contributed by atoms with van der Waals surface area (Å²) in [7, 11) is 0. The smallest absolute Gasteiger partial charge is 0.321 e. The lowest BCUT2D eigenvalue weighted by molar-refractivity contribution is -0.153. The van der Waals surface area contributed by atoms with Crippen LogP contribution in [0.3, 0.4) is 0 Å². The first-order valence-corrected chi connectivity index (χ1v) is 13.8. The number of nitrogens with zero attached hydrogens (tertiary/aromatic N) is 2. The third kappa shape index (κ3) is 7.00.